The van der Waals surface area contributed by atoms with Crippen LogP contribution in [0.4, 0.5) is 0 Å². The maximum absolute atomic E-state index is 11.8. The number of benzene rings is 1. The molecule has 0 N–H and O–H groups in total. The van der Waals surface area contributed by atoms with Gasteiger partial charge in [0, 0.05) is 6.42 Å². The molecule has 1 aromatic carbocycles. The smallest absolute Gasteiger partial charge is 0.338 e. The molecule has 5 nitrogen and oxygen atoms in total. The van der Waals surface area contributed by atoms with Crippen molar-refractivity contribution >= 4 is 33.4 Å². The van der Waals surface area contributed by atoms with Crippen LogP contribution in [0, 0.1) is 12.3 Å². The van der Waals surface area contributed by atoms with Crippen molar-refractivity contribution in [1.29, 1.82) is 0 Å². The number of hydrogen-bond donors (Lipinski definition) is 0. The lowest BCUT2D eigenvalue weighted by molar-refractivity contribution is -0.118. The largest absolute Gasteiger partial charge is 0.462 e. The summed E-state index contributed by atoms with van der Waals surface area (Å²) in [5, 5.41) is 0. The van der Waals surface area contributed by atoms with Crippen LogP contribution in [0.25, 0.3) is 10.2 Å². The molecule has 0 bridgehead atoms. The van der Waals surface area contributed by atoms with Gasteiger partial charge in [-0.2, -0.15) is 4.99 Å². The highest BCUT2D eigenvalue weighted by molar-refractivity contribution is 7.16. The number of hydrogen-bond acceptors (Lipinski definition) is 4. The lowest BCUT2D eigenvalue weighted by atomic mass is 10.2. The van der Waals surface area contributed by atoms with Gasteiger partial charge in [-0.15, -0.1) is 6.42 Å². The van der Waals surface area contributed by atoms with E-state index >= 15 is 0 Å². The standard InChI is InChI=1S/C17H18N2O3S/c1-4-7-15(20)18-17-19(10-5-2)13-9-8-12(11-14(13)23-17)16(21)22-6-3/h2,8-9,11H,4,6-7,10H2,1,3H3. The number of rotatable bonds is 5. The summed E-state index contributed by atoms with van der Waals surface area (Å²) in [6, 6.07) is 5.24. The Morgan fingerprint density at radius 3 is 2.83 bits per heavy atom. The van der Waals surface area contributed by atoms with Gasteiger partial charge in [-0.1, -0.05) is 24.2 Å². The lowest BCUT2D eigenvalue weighted by Gasteiger charge is -2.03. The normalized spacial score (nSPS) is 11.4. The van der Waals surface area contributed by atoms with E-state index in [4.69, 9.17) is 11.2 Å². The van der Waals surface area contributed by atoms with Crippen LogP contribution in [0.3, 0.4) is 0 Å². The second-order valence-corrected chi connectivity index (χ2v) is 5.84. The number of thiazole rings is 1. The molecular formula is C17H18N2O3S. The SMILES string of the molecule is C#CCn1c(=NC(=O)CCC)sc2cc(C(=O)OCC)ccc21. The van der Waals surface area contributed by atoms with Crippen LogP contribution >= 0.6 is 11.3 Å². The number of aromatic nitrogens is 1. The average molecular weight is 330 g/mol. The van der Waals surface area contributed by atoms with Gasteiger partial charge in [-0.25, -0.2) is 4.79 Å². The first-order chi connectivity index (χ1) is 11.1. The summed E-state index contributed by atoms with van der Waals surface area (Å²) in [4.78, 5) is 28.3. The molecule has 1 aromatic heterocycles. The average Bonchev–Trinajstić information content (AvgIpc) is 2.85. The van der Waals surface area contributed by atoms with Crippen LogP contribution in [-0.4, -0.2) is 23.1 Å². The maximum Gasteiger partial charge on any atom is 0.338 e. The zero-order chi connectivity index (χ0) is 16.8. The molecule has 0 saturated carbocycles. The van der Waals surface area contributed by atoms with Crippen LogP contribution in [0.1, 0.15) is 37.0 Å². The quantitative estimate of drug-likeness (QED) is 0.625. The molecule has 120 valence electrons. The molecule has 0 radical (unpaired) electrons. The second-order valence-electron chi connectivity index (χ2n) is 4.83. The van der Waals surface area contributed by atoms with Crippen molar-refractivity contribution in [3.05, 3.63) is 28.6 Å². The van der Waals surface area contributed by atoms with Gasteiger partial charge in [0.1, 0.15) is 0 Å². The molecule has 1 amide bonds. The number of amides is 1. The predicted molar refractivity (Wildman–Crippen MR) is 90.1 cm³/mol. The van der Waals surface area contributed by atoms with Crippen molar-refractivity contribution in [2.24, 2.45) is 4.99 Å². The van der Waals surface area contributed by atoms with Gasteiger partial charge in [0.05, 0.1) is 28.9 Å². The van der Waals surface area contributed by atoms with Gasteiger partial charge in [-0.3, -0.25) is 4.79 Å². The van der Waals surface area contributed by atoms with Crippen molar-refractivity contribution in [1.82, 2.24) is 4.57 Å². The van der Waals surface area contributed by atoms with Gasteiger partial charge in [-0.05, 0) is 31.5 Å². The van der Waals surface area contributed by atoms with E-state index in [1.54, 1.807) is 25.1 Å². The van der Waals surface area contributed by atoms with E-state index in [2.05, 4.69) is 10.9 Å². The Labute approximate surface area is 138 Å². The van der Waals surface area contributed by atoms with Crippen molar-refractivity contribution < 1.29 is 14.3 Å². The fraction of sp³-hybridized carbons (Fsp3) is 0.353. The van der Waals surface area contributed by atoms with E-state index in [1.165, 1.54) is 11.3 Å². The lowest BCUT2D eigenvalue weighted by Crippen LogP contribution is -2.16. The predicted octanol–water partition coefficient (Wildman–Crippen LogP) is 2.74. The minimum Gasteiger partial charge on any atom is -0.462 e. The maximum atomic E-state index is 11.8. The van der Waals surface area contributed by atoms with E-state index in [9.17, 15) is 9.59 Å². The summed E-state index contributed by atoms with van der Waals surface area (Å²) in [6.07, 6.45) is 6.57. The van der Waals surface area contributed by atoms with Crippen LogP contribution in [0.15, 0.2) is 23.2 Å². The third-order valence-electron chi connectivity index (χ3n) is 3.13. The third-order valence-corrected chi connectivity index (χ3v) is 4.17. The van der Waals surface area contributed by atoms with Gasteiger partial charge >= 0.3 is 5.97 Å². The van der Waals surface area contributed by atoms with Crippen LogP contribution in [0.2, 0.25) is 0 Å². The fourth-order valence-electron chi connectivity index (χ4n) is 2.12. The molecule has 23 heavy (non-hydrogen) atoms. The van der Waals surface area contributed by atoms with E-state index in [0.29, 0.717) is 29.9 Å². The van der Waals surface area contributed by atoms with Crippen LogP contribution in [0.5, 0.6) is 0 Å². The molecule has 0 saturated heterocycles. The molecule has 0 spiro atoms. The monoisotopic (exact) mass is 330 g/mol. The number of carbonyl (C=O) groups excluding carboxylic acids is 2. The Morgan fingerprint density at radius 2 is 2.17 bits per heavy atom. The van der Waals surface area contributed by atoms with E-state index in [0.717, 1.165) is 16.6 Å². The molecule has 6 heteroatoms. The minimum absolute atomic E-state index is 0.171. The molecule has 0 aliphatic heterocycles. The highest BCUT2D eigenvalue weighted by atomic mass is 32.1. The summed E-state index contributed by atoms with van der Waals surface area (Å²) >= 11 is 1.34. The Bertz CT molecular complexity index is 840. The van der Waals surface area contributed by atoms with Crippen molar-refractivity contribution in [3.63, 3.8) is 0 Å². The zero-order valence-corrected chi connectivity index (χ0v) is 14.0. The summed E-state index contributed by atoms with van der Waals surface area (Å²) in [5.41, 5.74) is 1.32. The molecule has 0 aliphatic carbocycles. The first-order valence-corrected chi connectivity index (χ1v) is 8.23. The Morgan fingerprint density at radius 1 is 1.39 bits per heavy atom. The van der Waals surface area contributed by atoms with Crippen molar-refractivity contribution in [2.75, 3.05) is 6.61 Å². The summed E-state index contributed by atoms with van der Waals surface area (Å²) in [6.45, 7) is 4.33. The van der Waals surface area contributed by atoms with E-state index < -0.39 is 0 Å². The number of nitrogens with zero attached hydrogens (tertiary/aromatic N) is 2. The molecule has 0 atom stereocenters. The first kappa shape index (κ1) is 17.0. The molecule has 0 unspecified atom stereocenters. The van der Waals surface area contributed by atoms with Crippen molar-refractivity contribution in [2.45, 2.75) is 33.2 Å². The first-order valence-electron chi connectivity index (χ1n) is 7.42. The topological polar surface area (TPSA) is 60.7 Å². The molecule has 2 aromatic rings. The van der Waals surface area contributed by atoms with Gasteiger partial charge < -0.3 is 9.30 Å². The number of fused-ring (bicyclic) bond motifs is 1. The number of carbonyl (C=O) groups is 2. The van der Waals surface area contributed by atoms with Gasteiger partial charge in [0.2, 0.25) is 5.91 Å². The molecule has 2 rings (SSSR count). The molecule has 0 aliphatic rings. The van der Waals surface area contributed by atoms with Gasteiger partial charge in [0.15, 0.2) is 4.80 Å². The number of esters is 1. The van der Waals surface area contributed by atoms with Crippen molar-refractivity contribution in [3.8, 4) is 12.3 Å². The second kappa shape index (κ2) is 7.75. The Kier molecular flexibility index (Phi) is 5.72. The fourth-order valence-corrected chi connectivity index (χ4v) is 3.21. The zero-order valence-electron chi connectivity index (χ0n) is 13.2. The minimum atomic E-state index is -0.369. The van der Waals surface area contributed by atoms with Crippen LogP contribution in [-0.2, 0) is 16.1 Å². The molecule has 1 heterocycles. The summed E-state index contributed by atoms with van der Waals surface area (Å²) in [5.74, 6) is 2.03. The number of ether oxygens (including phenoxy) is 1. The molecule has 0 fully saturated rings. The van der Waals surface area contributed by atoms with Crippen LogP contribution < -0.4 is 4.80 Å². The number of terminal acetylenes is 1. The third kappa shape index (κ3) is 3.88. The molecular weight excluding hydrogens is 312 g/mol. The highest BCUT2D eigenvalue weighted by Gasteiger charge is 2.12. The van der Waals surface area contributed by atoms with E-state index in [1.807, 2.05) is 11.5 Å². The highest BCUT2D eigenvalue weighted by Crippen LogP contribution is 2.20. The Balaban J connectivity index is 2.56. The van der Waals surface area contributed by atoms with E-state index in [-0.39, 0.29) is 11.9 Å². The summed E-state index contributed by atoms with van der Waals surface area (Å²) < 4.78 is 7.66. The Hall–Kier alpha value is -2.39. The van der Waals surface area contributed by atoms with Gasteiger partial charge in [0.25, 0.3) is 0 Å². The summed E-state index contributed by atoms with van der Waals surface area (Å²) in [7, 11) is 0.